The van der Waals surface area contributed by atoms with Crippen molar-refractivity contribution < 1.29 is 42.9 Å². The fraction of sp³-hybridized carbons (Fsp3) is 0.569. The first-order valence-corrected chi connectivity index (χ1v) is 31.3. The van der Waals surface area contributed by atoms with Gasteiger partial charge in [0.15, 0.2) is 12.4 Å². The number of likely N-dealkylation sites (N-methyl/N-ethyl adjacent to an activating group) is 1. The van der Waals surface area contributed by atoms with Crippen molar-refractivity contribution in [1.29, 1.82) is 0 Å². The maximum Gasteiger partial charge on any atom is 0.309 e. The summed E-state index contributed by atoms with van der Waals surface area (Å²) in [5.74, 6) is -2.47. The lowest BCUT2D eigenvalue weighted by Crippen LogP contribution is -2.44. The lowest BCUT2D eigenvalue weighted by atomic mass is 10.0. The maximum absolute atomic E-state index is 12.9. The second-order valence-corrected chi connectivity index (χ2v) is 21.2. The molecule has 9 heteroatoms. The number of rotatable bonds is 55. The predicted molar refractivity (Wildman–Crippen MR) is 342 cm³/mol. The summed E-state index contributed by atoms with van der Waals surface area (Å²) in [6, 6.07) is 0. The molecule has 0 N–H and O–H groups in total. The Balaban J connectivity index is 4.16. The van der Waals surface area contributed by atoms with Gasteiger partial charge in [0.05, 0.1) is 46.7 Å². The van der Waals surface area contributed by atoms with Crippen LogP contribution in [0.2, 0.25) is 0 Å². The SMILES string of the molecule is CC/C=C\C/C=C\C/C=C\C/C=C\C/C=C\C/C=C\C/C=C\C/C=C\C/C=C\CCCCCCCCCCCCCCCC(=O)OC(COC(=O)C/C=C\C/C=C\C/C=C\C/C=C\C/C=C\CC)COC(OCC[N+](C)(C)C)C(=O)[O-]. The Bertz CT molecular complexity index is 1930. The van der Waals surface area contributed by atoms with Crippen molar-refractivity contribution in [2.24, 2.45) is 0 Å². The van der Waals surface area contributed by atoms with Crippen molar-refractivity contribution in [3.8, 4) is 0 Å². The van der Waals surface area contributed by atoms with E-state index in [1.807, 2.05) is 33.3 Å². The second-order valence-electron chi connectivity index (χ2n) is 21.2. The summed E-state index contributed by atoms with van der Waals surface area (Å²) in [6.45, 7) is 4.37. The van der Waals surface area contributed by atoms with Crippen molar-refractivity contribution >= 4 is 17.9 Å². The largest absolute Gasteiger partial charge is 0.545 e. The highest BCUT2D eigenvalue weighted by atomic mass is 16.7. The van der Waals surface area contributed by atoms with Gasteiger partial charge in [0.25, 0.3) is 0 Å². The van der Waals surface area contributed by atoms with E-state index < -0.39 is 30.3 Å². The quantitative estimate of drug-likeness (QED) is 0.0195. The minimum absolute atomic E-state index is 0.0519. The van der Waals surface area contributed by atoms with Gasteiger partial charge in [-0.05, 0) is 109 Å². The van der Waals surface area contributed by atoms with Crippen molar-refractivity contribution in [1.82, 2.24) is 0 Å². The molecule has 0 aromatic rings. The van der Waals surface area contributed by atoms with E-state index in [9.17, 15) is 19.5 Å². The van der Waals surface area contributed by atoms with Crippen molar-refractivity contribution in [3.05, 3.63) is 170 Å². The molecular formula is C72H113NO8. The lowest BCUT2D eigenvalue weighted by Gasteiger charge is -2.26. The monoisotopic (exact) mass is 1120 g/mol. The molecule has 0 aliphatic carbocycles. The highest BCUT2D eigenvalue weighted by molar-refractivity contribution is 5.71. The molecule has 2 unspecified atom stereocenters. The topological polar surface area (TPSA) is 111 Å². The Morgan fingerprint density at radius 1 is 0.383 bits per heavy atom. The van der Waals surface area contributed by atoms with E-state index in [4.69, 9.17) is 18.9 Å². The van der Waals surface area contributed by atoms with E-state index in [0.717, 1.165) is 103 Å². The summed E-state index contributed by atoms with van der Waals surface area (Å²) in [5.41, 5.74) is 0. The summed E-state index contributed by atoms with van der Waals surface area (Å²) in [4.78, 5) is 37.2. The van der Waals surface area contributed by atoms with Crippen LogP contribution in [0.4, 0.5) is 0 Å². The summed E-state index contributed by atoms with van der Waals surface area (Å²) >= 11 is 0. The third-order valence-corrected chi connectivity index (χ3v) is 12.5. The number of allylic oxidation sites excluding steroid dienone is 27. The van der Waals surface area contributed by atoms with Gasteiger partial charge in [0.1, 0.15) is 13.2 Å². The fourth-order valence-electron chi connectivity index (χ4n) is 7.78. The summed E-state index contributed by atoms with van der Waals surface area (Å²) in [5, 5.41) is 11.8. The number of carboxylic acids is 1. The molecule has 0 saturated carbocycles. The zero-order valence-electron chi connectivity index (χ0n) is 51.6. The number of aliphatic carboxylic acids is 1. The molecule has 0 aliphatic heterocycles. The molecule has 0 aliphatic rings. The number of esters is 2. The van der Waals surface area contributed by atoms with Crippen LogP contribution in [-0.4, -0.2) is 82.3 Å². The summed E-state index contributed by atoms with van der Waals surface area (Å²) < 4.78 is 22.5. The smallest absolute Gasteiger partial charge is 0.309 e. The first kappa shape index (κ1) is 75.7. The number of unbranched alkanes of at least 4 members (excludes halogenated alkanes) is 13. The first-order valence-electron chi connectivity index (χ1n) is 31.3. The molecule has 0 radical (unpaired) electrons. The van der Waals surface area contributed by atoms with Crippen molar-refractivity contribution in [2.75, 3.05) is 47.5 Å². The van der Waals surface area contributed by atoms with E-state index in [1.165, 1.54) is 64.2 Å². The number of quaternary nitrogens is 1. The maximum atomic E-state index is 12.9. The zero-order chi connectivity index (χ0) is 59.1. The fourth-order valence-corrected chi connectivity index (χ4v) is 7.78. The minimum atomic E-state index is -1.65. The molecule has 81 heavy (non-hydrogen) atoms. The Morgan fingerprint density at radius 3 is 1.05 bits per heavy atom. The van der Waals surface area contributed by atoms with Gasteiger partial charge in [-0.25, -0.2) is 0 Å². The molecule has 0 spiro atoms. The Morgan fingerprint density at radius 2 is 0.704 bits per heavy atom. The Labute approximate surface area is 495 Å². The molecule has 0 aromatic carbocycles. The van der Waals surface area contributed by atoms with Crippen LogP contribution >= 0.6 is 0 Å². The predicted octanol–water partition coefficient (Wildman–Crippen LogP) is 17.8. The first-order chi connectivity index (χ1) is 39.6. The molecule has 0 bridgehead atoms. The average molecular weight is 1120 g/mol. The van der Waals surface area contributed by atoms with Gasteiger partial charge in [-0.1, -0.05) is 255 Å². The molecule has 0 amide bonds. The van der Waals surface area contributed by atoms with Crippen LogP contribution in [0.3, 0.4) is 0 Å². The molecule has 0 fully saturated rings. The molecule has 0 rings (SSSR count). The van der Waals surface area contributed by atoms with Crippen LogP contribution in [0, 0.1) is 0 Å². The highest BCUT2D eigenvalue weighted by Gasteiger charge is 2.21. The van der Waals surface area contributed by atoms with Crippen LogP contribution in [-0.2, 0) is 33.3 Å². The van der Waals surface area contributed by atoms with Gasteiger partial charge in [-0.3, -0.25) is 9.59 Å². The van der Waals surface area contributed by atoms with Gasteiger partial charge in [-0.15, -0.1) is 0 Å². The van der Waals surface area contributed by atoms with Crippen molar-refractivity contribution in [3.63, 3.8) is 0 Å². The van der Waals surface area contributed by atoms with Crippen molar-refractivity contribution in [2.45, 2.75) is 219 Å². The lowest BCUT2D eigenvalue weighted by molar-refractivity contribution is -0.870. The van der Waals surface area contributed by atoms with Gasteiger partial charge < -0.3 is 33.3 Å². The number of nitrogens with zero attached hydrogens (tertiary/aromatic N) is 1. The summed E-state index contributed by atoms with van der Waals surface area (Å²) in [7, 11) is 5.88. The summed E-state index contributed by atoms with van der Waals surface area (Å²) in [6.07, 6.45) is 88.9. The molecular weight excluding hydrogens is 1010 g/mol. The number of carboxylic acid groups (broad SMARTS) is 1. The molecule has 2 atom stereocenters. The number of hydrogen-bond acceptors (Lipinski definition) is 8. The average Bonchev–Trinajstić information content (AvgIpc) is 3.44. The van der Waals surface area contributed by atoms with Gasteiger partial charge in [0, 0.05) is 6.42 Å². The second kappa shape index (κ2) is 60.7. The normalized spacial score (nSPS) is 13.9. The van der Waals surface area contributed by atoms with E-state index in [0.29, 0.717) is 23.9 Å². The van der Waals surface area contributed by atoms with Crippen LogP contribution in [0.5, 0.6) is 0 Å². The molecule has 9 nitrogen and oxygen atoms in total. The van der Waals surface area contributed by atoms with Gasteiger partial charge in [0.2, 0.25) is 0 Å². The molecule has 0 heterocycles. The number of ether oxygens (including phenoxy) is 4. The Hall–Kier alpha value is -5.35. The third-order valence-electron chi connectivity index (χ3n) is 12.5. The van der Waals surface area contributed by atoms with Gasteiger partial charge >= 0.3 is 11.9 Å². The van der Waals surface area contributed by atoms with Crippen LogP contribution in [0.15, 0.2) is 170 Å². The van der Waals surface area contributed by atoms with E-state index >= 15 is 0 Å². The number of carbonyl (C=O) groups is 3. The van der Waals surface area contributed by atoms with Crippen LogP contribution in [0.25, 0.3) is 0 Å². The minimum Gasteiger partial charge on any atom is -0.545 e. The van der Waals surface area contributed by atoms with E-state index in [1.54, 1.807) is 6.08 Å². The highest BCUT2D eigenvalue weighted by Crippen LogP contribution is 2.15. The molecule has 0 aromatic heterocycles. The molecule has 454 valence electrons. The Kier molecular flexibility index (Phi) is 56.7. The molecule has 0 saturated heterocycles. The zero-order valence-corrected chi connectivity index (χ0v) is 51.6. The third kappa shape index (κ3) is 62.1. The van der Waals surface area contributed by atoms with Crippen LogP contribution in [0.1, 0.15) is 206 Å². The van der Waals surface area contributed by atoms with E-state index in [2.05, 4.69) is 166 Å². The number of carbonyl (C=O) groups excluding carboxylic acids is 3. The number of hydrogen-bond donors (Lipinski definition) is 0. The standard InChI is InChI=1S/C72H113NO8/c1-6-8-10-12-14-16-18-20-22-23-24-25-26-27-28-29-30-31-32-33-34-35-36-37-38-39-40-41-42-43-44-45-46-47-49-51-53-55-57-59-61-63-70(75)81-68(67-80-72(71(76)77)78-65-64-73(3,4)5)66-79-69(74)62-60-58-56-54-52-50-48-21-19-17-15-13-11-9-7-2/h8-11,14-17,20-22,24-25,27-28,30-31,33-34,36-37,39-40,48,52,54,58,60,68,72H,6-7,12-13,18-19,23,26,29,32,35,38,41-47,49-51,53,55-57,59,61-67H2,1-5H3/b10-8-,11-9-,16-14-,17-15-,22-20-,25-24-,28-27-,31-30-,34-33-,37-36-,40-39-,48-21-,54-52-,60-58-. The van der Waals surface area contributed by atoms with Crippen LogP contribution < -0.4 is 5.11 Å². The van der Waals surface area contributed by atoms with E-state index in [-0.39, 0.29) is 32.7 Å². The van der Waals surface area contributed by atoms with Gasteiger partial charge in [-0.2, -0.15) is 0 Å².